The van der Waals surface area contributed by atoms with Crippen LogP contribution < -0.4 is 10.1 Å². The Morgan fingerprint density at radius 1 is 1.03 bits per heavy atom. The van der Waals surface area contributed by atoms with Gasteiger partial charge in [-0.2, -0.15) is 13.2 Å². The van der Waals surface area contributed by atoms with Crippen LogP contribution in [0.5, 0.6) is 5.75 Å². The van der Waals surface area contributed by atoms with Gasteiger partial charge in [0.1, 0.15) is 5.75 Å². The molecule has 1 aromatic heterocycles. The highest BCUT2D eigenvalue weighted by molar-refractivity contribution is 5.94. The summed E-state index contributed by atoms with van der Waals surface area (Å²) < 4.78 is 44.4. The number of ether oxygens (including phenoxy) is 1. The predicted molar refractivity (Wildman–Crippen MR) is 145 cm³/mol. The number of hydrogen-bond acceptors (Lipinski definition) is 4. The number of nitrogens with zero attached hydrogens (tertiary/aromatic N) is 2. The Morgan fingerprint density at radius 2 is 1.72 bits per heavy atom. The van der Waals surface area contributed by atoms with Crippen molar-refractivity contribution in [2.45, 2.75) is 65.3 Å². The van der Waals surface area contributed by atoms with Gasteiger partial charge in [-0.3, -0.25) is 14.7 Å². The van der Waals surface area contributed by atoms with Crippen molar-refractivity contribution in [1.82, 2.24) is 15.2 Å². The molecule has 1 aliphatic rings. The molecule has 0 radical (unpaired) electrons. The van der Waals surface area contributed by atoms with Crippen molar-refractivity contribution in [3.8, 4) is 5.75 Å². The molecule has 1 atom stereocenters. The van der Waals surface area contributed by atoms with Crippen LogP contribution in [0.3, 0.4) is 0 Å². The summed E-state index contributed by atoms with van der Waals surface area (Å²) in [5, 5.41) is 3.05. The minimum atomic E-state index is -4.36. The maximum absolute atomic E-state index is 13.1. The summed E-state index contributed by atoms with van der Waals surface area (Å²) in [5.74, 6) is 0.568. The van der Waals surface area contributed by atoms with Crippen molar-refractivity contribution in [3.63, 3.8) is 0 Å². The Morgan fingerprint density at radius 3 is 2.33 bits per heavy atom. The summed E-state index contributed by atoms with van der Waals surface area (Å²) >= 11 is 0. The van der Waals surface area contributed by atoms with E-state index in [-0.39, 0.29) is 22.8 Å². The fraction of sp³-hybridized carbons (Fsp3) is 0.419. The summed E-state index contributed by atoms with van der Waals surface area (Å²) in [5.41, 5.74) is 3.06. The monoisotopic (exact) mass is 539 g/mol. The third-order valence-electron chi connectivity index (χ3n) is 7.29. The predicted octanol–water partition coefficient (Wildman–Crippen LogP) is 6.92. The molecule has 4 rings (SSSR count). The van der Waals surface area contributed by atoms with Crippen molar-refractivity contribution in [2.75, 3.05) is 13.7 Å². The Balaban J connectivity index is 1.50. The van der Waals surface area contributed by atoms with Gasteiger partial charge in [-0.15, -0.1) is 0 Å². The van der Waals surface area contributed by atoms with E-state index in [4.69, 9.17) is 9.72 Å². The molecule has 0 spiro atoms. The summed E-state index contributed by atoms with van der Waals surface area (Å²) in [7, 11) is 1.63. The van der Waals surface area contributed by atoms with Gasteiger partial charge in [-0.25, -0.2) is 0 Å². The second-order valence-electron chi connectivity index (χ2n) is 11.9. The van der Waals surface area contributed by atoms with E-state index < -0.39 is 11.7 Å². The number of carbonyl (C=O) groups is 1. The molecule has 0 saturated heterocycles. The van der Waals surface area contributed by atoms with Gasteiger partial charge in [-0.05, 0) is 52.4 Å². The van der Waals surface area contributed by atoms with Crippen LogP contribution in [0.4, 0.5) is 13.2 Å². The summed E-state index contributed by atoms with van der Waals surface area (Å²) in [6.45, 7) is 12.0. The number of methoxy groups -OCH3 is 1. The second kappa shape index (κ2) is 10.6. The number of alkyl halides is 3. The molecule has 0 aliphatic carbocycles. The number of benzene rings is 2. The van der Waals surface area contributed by atoms with E-state index in [1.807, 2.05) is 30.3 Å². The molecule has 208 valence electrons. The average Bonchev–Trinajstić information content (AvgIpc) is 3.24. The highest BCUT2D eigenvalue weighted by atomic mass is 19.4. The SMILES string of the molecule is COc1cccc(C(C)(C)CNC(=O)c2cnc3c(c2)CN(Cc2ccc(C(F)(F)F)cc2)C3C(C)(C)C)c1. The lowest BCUT2D eigenvalue weighted by Crippen LogP contribution is -2.36. The van der Waals surface area contributed by atoms with Crippen LogP contribution in [0, 0.1) is 5.41 Å². The van der Waals surface area contributed by atoms with E-state index in [9.17, 15) is 18.0 Å². The molecule has 2 heterocycles. The molecule has 39 heavy (non-hydrogen) atoms. The maximum atomic E-state index is 13.1. The van der Waals surface area contributed by atoms with Crippen LogP contribution in [0.25, 0.3) is 0 Å². The van der Waals surface area contributed by atoms with Gasteiger partial charge in [0.25, 0.3) is 5.91 Å². The zero-order valence-electron chi connectivity index (χ0n) is 23.3. The summed E-state index contributed by atoms with van der Waals surface area (Å²) in [4.78, 5) is 20.1. The maximum Gasteiger partial charge on any atom is 0.416 e. The highest BCUT2D eigenvalue weighted by Crippen LogP contribution is 2.45. The number of pyridine rings is 1. The molecule has 8 heteroatoms. The quantitative estimate of drug-likeness (QED) is 0.354. The largest absolute Gasteiger partial charge is 0.497 e. The molecule has 2 aromatic carbocycles. The molecule has 3 aromatic rings. The van der Waals surface area contributed by atoms with E-state index in [2.05, 4.69) is 44.8 Å². The molecule has 0 bridgehead atoms. The van der Waals surface area contributed by atoms with E-state index in [0.29, 0.717) is 25.2 Å². The van der Waals surface area contributed by atoms with Gasteiger partial charge in [-0.1, -0.05) is 58.9 Å². The number of rotatable bonds is 7. The molecule has 1 N–H and O–H groups in total. The molecule has 5 nitrogen and oxygen atoms in total. The van der Waals surface area contributed by atoms with Gasteiger partial charge < -0.3 is 10.1 Å². The number of halogens is 3. The number of hydrogen-bond donors (Lipinski definition) is 1. The first-order valence-corrected chi connectivity index (χ1v) is 13.0. The van der Waals surface area contributed by atoms with Gasteiger partial charge >= 0.3 is 6.18 Å². The van der Waals surface area contributed by atoms with Gasteiger partial charge in [0, 0.05) is 31.2 Å². The Kier molecular flexibility index (Phi) is 7.81. The fourth-order valence-corrected chi connectivity index (χ4v) is 5.19. The van der Waals surface area contributed by atoms with Crippen LogP contribution >= 0.6 is 0 Å². The van der Waals surface area contributed by atoms with Crippen molar-refractivity contribution in [3.05, 3.63) is 94.3 Å². The number of aromatic nitrogens is 1. The van der Waals surface area contributed by atoms with Crippen LogP contribution in [0.1, 0.15) is 79.0 Å². The first-order chi connectivity index (χ1) is 18.2. The van der Waals surface area contributed by atoms with Gasteiger partial charge in [0.2, 0.25) is 0 Å². The van der Waals surface area contributed by atoms with Crippen LogP contribution in [-0.4, -0.2) is 29.4 Å². The Bertz CT molecular complexity index is 1330. The molecule has 0 fully saturated rings. The standard InChI is InChI=1S/C31H36F3N3O2/c1-29(2,3)27-26-22(18-37(27)17-20-10-12-23(13-11-20)31(32,33)34)14-21(16-35-26)28(38)36-19-30(4,5)24-8-7-9-25(15-24)39-6/h7-16,27H,17-19H2,1-6H3,(H,36,38). The number of nitrogens with one attached hydrogen (secondary N) is 1. The number of amides is 1. The van der Waals surface area contributed by atoms with Gasteiger partial charge in [0.15, 0.2) is 0 Å². The topological polar surface area (TPSA) is 54.5 Å². The minimum Gasteiger partial charge on any atom is -0.497 e. The number of fused-ring (bicyclic) bond motifs is 1. The fourth-order valence-electron chi connectivity index (χ4n) is 5.19. The van der Waals surface area contributed by atoms with Crippen molar-refractivity contribution < 1.29 is 22.7 Å². The van der Waals surface area contributed by atoms with Crippen molar-refractivity contribution in [2.24, 2.45) is 5.41 Å². The normalized spacial score (nSPS) is 16.2. The third-order valence-corrected chi connectivity index (χ3v) is 7.29. The Hall–Kier alpha value is -3.39. The molecular formula is C31H36F3N3O2. The van der Waals surface area contributed by atoms with Crippen molar-refractivity contribution in [1.29, 1.82) is 0 Å². The number of carbonyl (C=O) groups excluding carboxylic acids is 1. The van der Waals surface area contributed by atoms with Crippen LogP contribution in [-0.2, 0) is 24.7 Å². The first kappa shape index (κ1) is 28.6. The van der Waals surface area contributed by atoms with Crippen LogP contribution in [0.2, 0.25) is 0 Å². The molecule has 0 saturated carbocycles. The molecular weight excluding hydrogens is 503 g/mol. The van der Waals surface area contributed by atoms with E-state index >= 15 is 0 Å². The van der Waals surface area contributed by atoms with Crippen molar-refractivity contribution >= 4 is 5.91 Å². The molecule has 1 unspecified atom stereocenters. The van der Waals surface area contributed by atoms with Crippen LogP contribution in [0.15, 0.2) is 60.8 Å². The molecule has 1 amide bonds. The minimum absolute atomic E-state index is 0.0427. The third kappa shape index (κ3) is 6.44. The second-order valence-corrected chi connectivity index (χ2v) is 11.9. The smallest absolute Gasteiger partial charge is 0.416 e. The first-order valence-electron chi connectivity index (χ1n) is 13.0. The lowest BCUT2D eigenvalue weighted by Gasteiger charge is -2.35. The summed E-state index contributed by atoms with van der Waals surface area (Å²) in [6, 6.07) is 15.0. The molecule has 1 aliphatic heterocycles. The average molecular weight is 540 g/mol. The zero-order chi connectivity index (χ0) is 28.6. The Labute approximate surface area is 228 Å². The summed E-state index contributed by atoms with van der Waals surface area (Å²) in [6.07, 6.45) is -2.74. The van der Waals surface area contributed by atoms with E-state index in [1.54, 1.807) is 13.3 Å². The van der Waals surface area contributed by atoms with E-state index in [0.717, 1.165) is 40.3 Å². The lowest BCUT2D eigenvalue weighted by molar-refractivity contribution is -0.137. The highest BCUT2D eigenvalue weighted by Gasteiger charge is 2.40. The lowest BCUT2D eigenvalue weighted by atomic mass is 9.84. The van der Waals surface area contributed by atoms with E-state index in [1.165, 1.54) is 12.1 Å². The zero-order valence-corrected chi connectivity index (χ0v) is 23.3. The van der Waals surface area contributed by atoms with Gasteiger partial charge in [0.05, 0.1) is 30.0 Å².